The summed E-state index contributed by atoms with van der Waals surface area (Å²) in [5.41, 5.74) is 0.972. The SMILES string of the molecule is CN(C)[C@@H]1CCN(C2=NC(=O)/C(=C/c3ccccc3O)S2)C1.CN(C)[C@@H]1CCNC1.Cl.O=C1CSC(=S)N1.O=Cc1ccccc1O. The van der Waals surface area contributed by atoms with E-state index in [-0.39, 0.29) is 35.7 Å². The van der Waals surface area contributed by atoms with Crippen LogP contribution in [0.25, 0.3) is 6.08 Å². The maximum Gasteiger partial charge on any atom is 0.286 e. The van der Waals surface area contributed by atoms with Crippen LogP contribution in [0, 0.1) is 0 Å². The number of aldehydes is 1. The van der Waals surface area contributed by atoms with Gasteiger partial charge in [0.1, 0.15) is 15.8 Å². The molecule has 4 heterocycles. The number of thiocarbonyl (C=S) groups is 1. The molecular formula is C32H43ClN6O5S3. The first kappa shape index (κ1) is 40.2. The Morgan fingerprint density at radius 2 is 1.57 bits per heavy atom. The molecular weight excluding hydrogens is 680 g/mol. The van der Waals surface area contributed by atoms with Gasteiger partial charge >= 0.3 is 0 Å². The number of halogens is 1. The van der Waals surface area contributed by atoms with Crippen molar-refractivity contribution in [1.82, 2.24) is 25.3 Å². The number of carbonyl (C=O) groups is 3. The molecule has 0 bridgehead atoms. The Morgan fingerprint density at radius 1 is 0.957 bits per heavy atom. The van der Waals surface area contributed by atoms with E-state index in [9.17, 15) is 19.5 Å². The van der Waals surface area contributed by atoms with Crippen molar-refractivity contribution in [1.29, 1.82) is 0 Å². The third-order valence-corrected chi connectivity index (χ3v) is 9.67. The number of benzene rings is 2. The number of nitrogens with zero attached hydrogens (tertiary/aromatic N) is 4. The number of hydrogen-bond donors (Lipinski definition) is 4. The highest BCUT2D eigenvalue weighted by Gasteiger charge is 2.32. The molecule has 6 rings (SSSR count). The van der Waals surface area contributed by atoms with Gasteiger partial charge in [0.15, 0.2) is 11.5 Å². The molecule has 4 aliphatic heterocycles. The van der Waals surface area contributed by atoms with Crippen molar-refractivity contribution in [2.45, 2.75) is 24.9 Å². The van der Waals surface area contributed by atoms with Crippen LogP contribution in [-0.4, -0.2) is 125 Å². The van der Waals surface area contributed by atoms with Crippen molar-refractivity contribution < 1.29 is 24.6 Å². The standard InChI is InChI=1S/C16H19N3O2S.C7H6O2.C6H14N2.C3H3NOS2.ClH/c1-18(2)12-7-8-19(10-12)16-17-15(21)14(22-16)9-11-5-3-4-6-13(11)20;8-5-6-3-1-2-4-7(6)9;1-8(2)6-3-4-7-5-6;5-2-1-7-3(6)4-2;/h3-6,9,12,20H,7-8,10H2,1-2H3;1-5,9H;6-7H,3-5H2,1-2H3;1H2,(H,4,5,6);1H/b14-9-;;;;/t12-;;6-;;/m1.1../s1. The van der Waals surface area contributed by atoms with Crippen LogP contribution >= 0.6 is 48.1 Å². The van der Waals surface area contributed by atoms with Gasteiger partial charge < -0.3 is 35.5 Å². The molecule has 4 N–H and O–H groups in total. The fourth-order valence-electron chi connectivity index (χ4n) is 4.61. The zero-order valence-corrected chi connectivity index (χ0v) is 30.2. The molecule has 2 aromatic rings. The first-order valence-corrected chi connectivity index (χ1v) is 17.0. The molecule has 3 fully saturated rings. The second-order valence-corrected chi connectivity index (χ2v) is 13.8. The first-order valence-electron chi connectivity index (χ1n) is 14.8. The van der Waals surface area contributed by atoms with Crippen molar-refractivity contribution in [2.75, 3.05) is 60.1 Å². The predicted molar refractivity (Wildman–Crippen MR) is 199 cm³/mol. The summed E-state index contributed by atoms with van der Waals surface area (Å²) in [6.07, 6.45) is 4.72. The summed E-state index contributed by atoms with van der Waals surface area (Å²) in [6.45, 7) is 4.19. The number of phenols is 2. The normalized spacial score (nSPS) is 20.8. The van der Waals surface area contributed by atoms with Crippen molar-refractivity contribution in [2.24, 2.45) is 4.99 Å². The molecule has 4 aliphatic rings. The van der Waals surface area contributed by atoms with Gasteiger partial charge in [-0.2, -0.15) is 4.99 Å². The van der Waals surface area contributed by atoms with Crippen LogP contribution in [0.1, 0.15) is 28.8 Å². The summed E-state index contributed by atoms with van der Waals surface area (Å²) >= 11 is 7.39. The van der Waals surface area contributed by atoms with Gasteiger partial charge in [0.25, 0.3) is 5.91 Å². The second-order valence-electron chi connectivity index (χ2n) is 11.1. The summed E-state index contributed by atoms with van der Waals surface area (Å²) in [6, 6.07) is 14.7. The van der Waals surface area contributed by atoms with E-state index in [1.807, 2.05) is 6.07 Å². The zero-order valence-electron chi connectivity index (χ0n) is 26.9. The van der Waals surface area contributed by atoms with Gasteiger partial charge in [-0.05, 0) is 83.6 Å². The largest absolute Gasteiger partial charge is 0.507 e. The van der Waals surface area contributed by atoms with E-state index in [1.165, 1.54) is 49.1 Å². The van der Waals surface area contributed by atoms with E-state index >= 15 is 0 Å². The molecule has 2 aromatic carbocycles. The van der Waals surface area contributed by atoms with Crippen LogP contribution in [0.5, 0.6) is 11.5 Å². The molecule has 2 atom stereocenters. The third kappa shape index (κ3) is 13.2. The topological polar surface area (TPSA) is 138 Å². The number of rotatable bonds is 4. The molecule has 11 nitrogen and oxygen atoms in total. The van der Waals surface area contributed by atoms with E-state index in [2.05, 4.69) is 70.7 Å². The summed E-state index contributed by atoms with van der Waals surface area (Å²) in [5, 5.41) is 25.2. The lowest BCUT2D eigenvalue weighted by Crippen LogP contribution is -2.33. The molecule has 0 aromatic heterocycles. The van der Waals surface area contributed by atoms with Gasteiger partial charge in [-0.1, -0.05) is 54.3 Å². The summed E-state index contributed by atoms with van der Waals surface area (Å²) in [7, 11) is 8.42. The number of likely N-dealkylation sites (N-methyl/N-ethyl adjacent to an activating group) is 2. The Morgan fingerprint density at radius 3 is 1.98 bits per heavy atom. The molecule has 0 unspecified atom stereocenters. The second kappa shape index (κ2) is 20.4. The fraction of sp³-hybridized carbons (Fsp3) is 0.406. The number of amides is 2. The van der Waals surface area contributed by atoms with E-state index in [0.29, 0.717) is 38.4 Å². The lowest BCUT2D eigenvalue weighted by Gasteiger charge is -2.20. The molecule has 15 heteroatoms. The third-order valence-electron chi connectivity index (χ3n) is 7.40. The smallest absolute Gasteiger partial charge is 0.286 e. The van der Waals surface area contributed by atoms with Gasteiger partial charge in [-0.25, -0.2) is 0 Å². The van der Waals surface area contributed by atoms with Crippen molar-refractivity contribution in [3.63, 3.8) is 0 Å². The maximum atomic E-state index is 12.1. The van der Waals surface area contributed by atoms with Gasteiger partial charge in [0.05, 0.1) is 16.2 Å². The molecule has 47 heavy (non-hydrogen) atoms. The van der Waals surface area contributed by atoms with Crippen LogP contribution < -0.4 is 10.6 Å². The number of hydrogen-bond acceptors (Lipinski definition) is 12. The van der Waals surface area contributed by atoms with Gasteiger partial charge in [-0.15, -0.1) is 12.4 Å². The van der Waals surface area contributed by atoms with Gasteiger partial charge in [0.2, 0.25) is 5.91 Å². The van der Waals surface area contributed by atoms with Gasteiger partial charge in [-0.3, -0.25) is 14.4 Å². The lowest BCUT2D eigenvalue weighted by atomic mass is 10.2. The minimum atomic E-state index is -0.225. The number of aromatic hydroxyl groups is 2. The van der Waals surface area contributed by atoms with E-state index in [1.54, 1.807) is 42.5 Å². The number of carbonyl (C=O) groups excluding carboxylic acids is 3. The van der Waals surface area contributed by atoms with Crippen molar-refractivity contribution in [3.8, 4) is 11.5 Å². The van der Waals surface area contributed by atoms with Crippen LogP contribution in [-0.2, 0) is 9.59 Å². The number of para-hydroxylation sites is 2. The summed E-state index contributed by atoms with van der Waals surface area (Å²) < 4.78 is 0.602. The average molecular weight is 723 g/mol. The summed E-state index contributed by atoms with van der Waals surface area (Å²) in [4.78, 5) is 43.8. The van der Waals surface area contributed by atoms with E-state index in [0.717, 1.165) is 30.7 Å². The Kier molecular flexibility index (Phi) is 17.4. The monoisotopic (exact) mass is 722 g/mol. The fourth-order valence-corrected chi connectivity index (χ4v) is 6.36. The number of aliphatic imine (C=N–C) groups is 1. The first-order chi connectivity index (χ1) is 22.0. The molecule has 0 spiro atoms. The molecule has 256 valence electrons. The highest BCUT2D eigenvalue weighted by molar-refractivity contribution is 8.24. The van der Waals surface area contributed by atoms with Crippen molar-refractivity contribution in [3.05, 3.63) is 64.6 Å². The average Bonchev–Trinajstić information content (AvgIpc) is 3.85. The molecule has 0 radical (unpaired) electrons. The van der Waals surface area contributed by atoms with E-state index < -0.39 is 0 Å². The van der Waals surface area contributed by atoms with Crippen molar-refractivity contribution >= 4 is 81.8 Å². The summed E-state index contributed by atoms with van der Waals surface area (Å²) in [5.74, 6) is 0.503. The Hall–Kier alpha value is -2.98. The Balaban J connectivity index is 0.000000252. The Bertz CT molecular complexity index is 1420. The number of amidine groups is 1. The lowest BCUT2D eigenvalue weighted by molar-refractivity contribution is -0.117. The van der Waals surface area contributed by atoms with Crippen LogP contribution in [0.3, 0.4) is 0 Å². The number of likely N-dealkylation sites (tertiary alicyclic amines) is 1. The molecule has 2 amide bonds. The zero-order chi connectivity index (χ0) is 33.6. The van der Waals surface area contributed by atoms with E-state index in [4.69, 9.17) is 5.11 Å². The predicted octanol–water partition coefficient (Wildman–Crippen LogP) is 3.67. The molecule has 0 saturated carbocycles. The maximum absolute atomic E-state index is 12.1. The number of nitrogens with one attached hydrogen (secondary N) is 2. The number of thioether (sulfide) groups is 2. The van der Waals surface area contributed by atoms with Crippen LogP contribution in [0.2, 0.25) is 0 Å². The molecule has 0 aliphatic carbocycles. The highest BCUT2D eigenvalue weighted by Crippen LogP contribution is 2.33. The van der Waals surface area contributed by atoms with Crippen LogP contribution in [0.4, 0.5) is 0 Å². The minimum absolute atomic E-state index is 0. The van der Waals surface area contributed by atoms with Gasteiger partial charge in [0, 0.05) is 37.3 Å². The minimum Gasteiger partial charge on any atom is -0.507 e. The molecule has 3 saturated heterocycles. The highest BCUT2D eigenvalue weighted by atomic mass is 35.5. The Labute approximate surface area is 296 Å². The number of phenolic OH excluding ortho intramolecular Hbond substituents is 2. The van der Waals surface area contributed by atoms with Crippen LogP contribution in [0.15, 0.2) is 58.4 Å². The quantitative estimate of drug-likeness (QED) is 0.208.